The molecule has 29 heavy (non-hydrogen) atoms. The topological polar surface area (TPSA) is 70.2 Å². The molecule has 1 atom stereocenters. The molecular formula is C23H26N4O2. The summed E-state index contributed by atoms with van der Waals surface area (Å²) in [6.07, 6.45) is 1.97. The molecule has 1 amide bonds. The molecule has 6 heteroatoms. The number of hydrogen-bond donors (Lipinski definition) is 2. The second kappa shape index (κ2) is 8.82. The van der Waals surface area contributed by atoms with Gasteiger partial charge in [0, 0.05) is 25.2 Å². The number of carbonyl (C=O) groups is 1. The van der Waals surface area contributed by atoms with Crippen molar-refractivity contribution in [2.75, 3.05) is 24.6 Å². The molecule has 0 unspecified atom stereocenters. The highest BCUT2D eigenvalue weighted by Gasteiger charge is 2.23. The number of aromatic nitrogens is 2. The second-order valence-corrected chi connectivity index (χ2v) is 7.46. The maximum Gasteiger partial charge on any atom is 0.258 e. The number of amides is 1. The molecule has 0 radical (unpaired) electrons. The summed E-state index contributed by atoms with van der Waals surface area (Å²) in [6, 6.07) is 20.0. The third kappa shape index (κ3) is 4.96. The van der Waals surface area contributed by atoms with Crippen molar-refractivity contribution in [3.8, 4) is 17.0 Å². The predicted molar refractivity (Wildman–Crippen MR) is 114 cm³/mol. The van der Waals surface area contributed by atoms with E-state index < -0.39 is 0 Å². The Kier molecular flexibility index (Phi) is 5.79. The molecule has 2 heterocycles. The van der Waals surface area contributed by atoms with Gasteiger partial charge in [-0.15, -0.1) is 0 Å². The summed E-state index contributed by atoms with van der Waals surface area (Å²) >= 11 is 0. The van der Waals surface area contributed by atoms with Crippen LogP contribution >= 0.6 is 0 Å². The first-order chi connectivity index (χ1) is 14.2. The Morgan fingerprint density at radius 1 is 1.21 bits per heavy atom. The minimum absolute atomic E-state index is 0.0283. The van der Waals surface area contributed by atoms with Gasteiger partial charge in [0.05, 0.1) is 5.69 Å². The van der Waals surface area contributed by atoms with Gasteiger partial charge in [-0.05, 0) is 43.0 Å². The maximum atomic E-state index is 12.3. The molecule has 0 bridgehead atoms. The summed E-state index contributed by atoms with van der Waals surface area (Å²) in [4.78, 5) is 14.5. The maximum absolute atomic E-state index is 12.3. The molecule has 1 aromatic heterocycles. The first-order valence-electron chi connectivity index (χ1n) is 10.0. The Balaban J connectivity index is 1.31. The number of aromatic amines is 1. The van der Waals surface area contributed by atoms with Gasteiger partial charge < -0.3 is 15.0 Å². The number of anilines is 1. The quantitative estimate of drug-likeness (QED) is 0.675. The van der Waals surface area contributed by atoms with Gasteiger partial charge >= 0.3 is 0 Å². The molecule has 6 nitrogen and oxygen atoms in total. The summed E-state index contributed by atoms with van der Waals surface area (Å²) in [5.41, 5.74) is 3.22. The summed E-state index contributed by atoms with van der Waals surface area (Å²) in [6.45, 7) is 3.71. The summed E-state index contributed by atoms with van der Waals surface area (Å²) in [5, 5.41) is 10.7. The van der Waals surface area contributed by atoms with E-state index in [1.807, 2.05) is 49.4 Å². The summed E-state index contributed by atoms with van der Waals surface area (Å²) in [5.74, 6) is 1.54. The molecule has 150 valence electrons. The molecule has 1 aliphatic rings. The van der Waals surface area contributed by atoms with Gasteiger partial charge in [-0.1, -0.05) is 42.5 Å². The van der Waals surface area contributed by atoms with Gasteiger partial charge in [0.1, 0.15) is 5.75 Å². The Morgan fingerprint density at radius 2 is 2.07 bits per heavy atom. The van der Waals surface area contributed by atoms with Crippen LogP contribution in [0.1, 0.15) is 18.4 Å². The molecule has 1 fully saturated rings. The fourth-order valence-corrected chi connectivity index (χ4v) is 3.67. The largest absolute Gasteiger partial charge is 0.484 e. The van der Waals surface area contributed by atoms with Crippen molar-refractivity contribution in [3.05, 3.63) is 66.2 Å². The lowest BCUT2D eigenvalue weighted by Crippen LogP contribution is -2.49. The van der Waals surface area contributed by atoms with Crippen LogP contribution in [-0.4, -0.2) is 41.8 Å². The summed E-state index contributed by atoms with van der Waals surface area (Å²) < 4.78 is 5.61. The minimum Gasteiger partial charge on any atom is -0.484 e. The van der Waals surface area contributed by atoms with Crippen LogP contribution in [0, 0.1) is 6.92 Å². The fraction of sp³-hybridized carbons (Fsp3) is 0.304. The van der Waals surface area contributed by atoms with Crippen molar-refractivity contribution in [1.29, 1.82) is 0 Å². The van der Waals surface area contributed by atoms with Crippen LogP contribution in [0.2, 0.25) is 0 Å². The Morgan fingerprint density at radius 3 is 2.90 bits per heavy atom. The number of benzene rings is 2. The molecule has 2 N–H and O–H groups in total. The van der Waals surface area contributed by atoms with E-state index >= 15 is 0 Å². The molecule has 1 saturated heterocycles. The molecule has 0 spiro atoms. The van der Waals surface area contributed by atoms with E-state index in [2.05, 4.69) is 38.6 Å². The molecule has 0 aliphatic carbocycles. The van der Waals surface area contributed by atoms with Crippen molar-refractivity contribution in [2.45, 2.75) is 25.8 Å². The third-order valence-electron chi connectivity index (χ3n) is 5.12. The zero-order chi connectivity index (χ0) is 20.1. The third-order valence-corrected chi connectivity index (χ3v) is 5.12. The van der Waals surface area contributed by atoms with Gasteiger partial charge in [-0.3, -0.25) is 9.89 Å². The zero-order valence-corrected chi connectivity index (χ0v) is 16.6. The van der Waals surface area contributed by atoms with Gasteiger partial charge in [0.25, 0.3) is 5.91 Å². The number of hydrogen-bond acceptors (Lipinski definition) is 4. The lowest BCUT2D eigenvalue weighted by atomic mass is 10.1. The van der Waals surface area contributed by atoms with E-state index in [0.29, 0.717) is 0 Å². The van der Waals surface area contributed by atoms with Crippen LogP contribution < -0.4 is 15.0 Å². The fourth-order valence-electron chi connectivity index (χ4n) is 3.67. The van der Waals surface area contributed by atoms with Crippen molar-refractivity contribution in [2.24, 2.45) is 0 Å². The van der Waals surface area contributed by atoms with E-state index in [1.54, 1.807) is 0 Å². The molecule has 1 aliphatic heterocycles. The molecule has 0 saturated carbocycles. The molecule has 2 aromatic carbocycles. The van der Waals surface area contributed by atoms with Gasteiger partial charge in [-0.2, -0.15) is 5.10 Å². The second-order valence-electron chi connectivity index (χ2n) is 7.46. The van der Waals surface area contributed by atoms with Crippen molar-refractivity contribution in [1.82, 2.24) is 15.5 Å². The minimum atomic E-state index is -0.0923. The number of nitrogens with zero attached hydrogens (tertiary/aromatic N) is 2. The lowest BCUT2D eigenvalue weighted by molar-refractivity contribution is -0.123. The van der Waals surface area contributed by atoms with Crippen LogP contribution in [-0.2, 0) is 4.79 Å². The number of piperidine rings is 1. The number of ether oxygens (including phenoxy) is 1. The predicted octanol–water partition coefficient (Wildman–Crippen LogP) is 3.55. The van der Waals surface area contributed by atoms with Crippen molar-refractivity contribution >= 4 is 11.7 Å². The standard InChI is InChI=1S/C23H26N4O2/c1-17-7-5-11-20(13-17)29-16-23(28)24-19-10-6-12-27(15-19)22-14-21(25-26-22)18-8-3-2-4-9-18/h2-5,7-9,11,13-14,19H,6,10,12,15-16H2,1H3,(H,24,28)(H,25,26)/t19-/m0/s1. The monoisotopic (exact) mass is 390 g/mol. The van der Waals surface area contributed by atoms with Crippen LogP contribution in [0.3, 0.4) is 0 Å². The first-order valence-corrected chi connectivity index (χ1v) is 10.0. The highest BCUT2D eigenvalue weighted by molar-refractivity contribution is 5.78. The smallest absolute Gasteiger partial charge is 0.258 e. The van der Waals surface area contributed by atoms with Crippen LogP contribution in [0.4, 0.5) is 5.82 Å². The Labute approximate surface area is 170 Å². The average molecular weight is 390 g/mol. The van der Waals surface area contributed by atoms with Crippen molar-refractivity contribution < 1.29 is 9.53 Å². The van der Waals surface area contributed by atoms with E-state index in [0.717, 1.165) is 54.3 Å². The van der Waals surface area contributed by atoms with Gasteiger partial charge in [0.15, 0.2) is 12.4 Å². The van der Waals surface area contributed by atoms with Crippen LogP contribution in [0.15, 0.2) is 60.7 Å². The van der Waals surface area contributed by atoms with E-state index in [9.17, 15) is 4.79 Å². The molecule has 3 aromatic rings. The number of H-pyrrole nitrogens is 1. The van der Waals surface area contributed by atoms with Gasteiger partial charge in [-0.25, -0.2) is 0 Å². The number of aryl methyl sites for hydroxylation is 1. The average Bonchev–Trinajstić information content (AvgIpc) is 3.24. The van der Waals surface area contributed by atoms with E-state index in [4.69, 9.17) is 4.74 Å². The van der Waals surface area contributed by atoms with E-state index in [-0.39, 0.29) is 18.6 Å². The van der Waals surface area contributed by atoms with E-state index in [1.165, 1.54) is 0 Å². The first kappa shape index (κ1) is 19.1. The number of rotatable bonds is 6. The van der Waals surface area contributed by atoms with Gasteiger partial charge in [0.2, 0.25) is 0 Å². The Hall–Kier alpha value is -3.28. The van der Waals surface area contributed by atoms with Crippen LogP contribution in [0.5, 0.6) is 5.75 Å². The summed E-state index contributed by atoms with van der Waals surface area (Å²) in [7, 11) is 0. The highest BCUT2D eigenvalue weighted by atomic mass is 16.5. The Bertz CT molecular complexity index is 954. The SMILES string of the molecule is Cc1cccc(OCC(=O)N[C@H]2CCCN(c3cc(-c4ccccc4)[nH]n3)C2)c1. The highest BCUT2D eigenvalue weighted by Crippen LogP contribution is 2.24. The van der Waals surface area contributed by atoms with Crippen LogP contribution in [0.25, 0.3) is 11.3 Å². The zero-order valence-electron chi connectivity index (χ0n) is 16.6. The van der Waals surface area contributed by atoms with Crippen molar-refractivity contribution in [3.63, 3.8) is 0 Å². The normalized spacial score (nSPS) is 16.4. The number of carbonyl (C=O) groups excluding carboxylic acids is 1. The number of nitrogens with one attached hydrogen (secondary N) is 2. The lowest BCUT2D eigenvalue weighted by Gasteiger charge is -2.33. The molecular weight excluding hydrogens is 364 g/mol. The molecule has 4 rings (SSSR count).